The van der Waals surface area contributed by atoms with E-state index in [4.69, 9.17) is 22.1 Å². The summed E-state index contributed by atoms with van der Waals surface area (Å²) in [5, 5.41) is 9.87. The van der Waals surface area contributed by atoms with Crippen LogP contribution in [0.25, 0.3) is 10.2 Å². The van der Waals surface area contributed by atoms with Gasteiger partial charge in [0.25, 0.3) is 0 Å². The number of aromatic nitrogens is 1. The number of nitrogens with zero attached hydrogens (tertiary/aromatic N) is 1. The summed E-state index contributed by atoms with van der Waals surface area (Å²) >= 11 is 6.51. The van der Waals surface area contributed by atoms with Crippen LogP contribution in [0.15, 0.2) is 24.3 Å². The number of methoxy groups -OCH3 is 1. The maximum Gasteiger partial charge on any atom is 0.304 e. The Hall–Kier alpha value is -1.53. The fraction of sp³-hybridized carbons (Fsp3) is 0.250. The lowest BCUT2D eigenvalue weighted by molar-refractivity contribution is -0.137. The smallest absolute Gasteiger partial charge is 0.304 e. The van der Waals surface area contributed by atoms with Crippen molar-refractivity contribution >= 4 is 44.8 Å². The Morgan fingerprint density at radius 3 is 2.89 bits per heavy atom. The molecule has 0 fully saturated rings. The topological polar surface area (TPSA) is 59.4 Å². The van der Waals surface area contributed by atoms with Gasteiger partial charge in [-0.05, 0) is 24.4 Å². The fourth-order valence-corrected chi connectivity index (χ4v) is 2.96. The summed E-state index contributed by atoms with van der Waals surface area (Å²) in [6, 6.07) is 7.66. The van der Waals surface area contributed by atoms with Gasteiger partial charge in [-0.1, -0.05) is 12.1 Å². The third-order valence-electron chi connectivity index (χ3n) is 2.47. The molecule has 18 heavy (non-hydrogen) atoms. The molecule has 1 unspecified atom stereocenters. The molecule has 1 heterocycles. The Morgan fingerprint density at radius 2 is 2.28 bits per heavy atom. The number of hydrogen-bond donors (Lipinski definition) is 1. The van der Waals surface area contributed by atoms with Crippen LogP contribution in [-0.2, 0) is 9.53 Å². The van der Waals surface area contributed by atoms with Gasteiger partial charge < -0.3 is 9.84 Å². The largest absolute Gasteiger partial charge is 0.489 e. The van der Waals surface area contributed by atoms with E-state index in [0.29, 0.717) is 5.01 Å². The van der Waals surface area contributed by atoms with Gasteiger partial charge in [-0.2, -0.15) is 0 Å². The summed E-state index contributed by atoms with van der Waals surface area (Å²) in [5.41, 5.74) is 0.854. The van der Waals surface area contributed by atoms with E-state index in [9.17, 15) is 4.79 Å². The summed E-state index contributed by atoms with van der Waals surface area (Å²) in [6.07, 6.45) is -0.105. The van der Waals surface area contributed by atoms with Crippen LogP contribution < -0.4 is 0 Å². The van der Waals surface area contributed by atoms with Crippen molar-refractivity contribution in [2.24, 2.45) is 0 Å². The zero-order valence-corrected chi connectivity index (χ0v) is 11.3. The van der Waals surface area contributed by atoms with E-state index < -0.39 is 11.9 Å². The number of hydrogen-bond acceptors (Lipinski definition) is 5. The van der Waals surface area contributed by atoms with Crippen molar-refractivity contribution in [3.05, 3.63) is 29.3 Å². The Kier molecular flexibility index (Phi) is 3.88. The molecule has 1 aromatic heterocycles. The summed E-state index contributed by atoms with van der Waals surface area (Å²) in [5.74, 6) is -1.39. The standard InChI is InChI=1S/C12H11NO3S2/c1-16-12(17)7(6-10(14)15)11-13-8-4-2-3-5-9(8)18-11/h2-5,7H,6H2,1H3,(H,14,15). The summed E-state index contributed by atoms with van der Waals surface area (Å²) in [7, 11) is 1.45. The fourth-order valence-electron chi connectivity index (χ4n) is 1.63. The highest BCUT2D eigenvalue weighted by molar-refractivity contribution is 7.80. The predicted molar refractivity (Wildman–Crippen MR) is 74.2 cm³/mol. The molecule has 4 nitrogen and oxygen atoms in total. The Morgan fingerprint density at radius 1 is 1.56 bits per heavy atom. The summed E-state index contributed by atoms with van der Waals surface area (Å²) < 4.78 is 6.01. The second kappa shape index (κ2) is 5.41. The van der Waals surface area contributed by atoms with Crippen molar-refractivity contribution in [1.29, 1.82) is 0 Å². The molecule has 1 aromatic carbocycles. The molecule has 2 rings (SSSR count). The summed E-state index contributed by atoms with van der Waals surface area (Å²) in [4.78, 5) is 15.3. The number of carbonyl (C=O) groups is 1. The molecule has 0 saturated carbocycles. The second-order valence-electron chi connectivity index (χ2n) is 3.69. The minimum atomic E-state index is -0.918. The summed E-state index contributed by atoms with van der Waals surface area (Å²) in [6.45, 7) is 0. The average molecular weight is 281 g/mol. The van der Waals surface area contributed by atoms with Crippen molar-refractivity contribution in [2.45, 2.75) is 12.3 Å². The van der Waals surface area contributed by atoms with E-state index in [-0.39, 0.29) is 11.5 Å². The van der Waals surface area contributed by atoms with E-state index in [0.717, 1.165) is 10.2 Å². The lowest BCUT2D eigenvalue weighted by atomic mass is 10.1. The van der Waals surface area contributed by atoms with Crippen LogP contribution in [0.2, 0.25) is 0 Å². The van der Waals surface area contributed by atoms with Crippen molar-refractivity contribution in [3.8, 4) is 0 Å². The molecule has 1 atom stereocenters. The molecule has 0 saturated heterocycles. The van der Waals surface area contributed by atoms with Gasteiger partial charge in [0.05, 0.1) is 29.7 Å². The van der Waals surface area contributed by atoms with Crippen LogP contribution in [0.4, 0.5) is 0 Å². The molecule has 0 amide bonds. The molecule has 0 spiro atoms. The van der Waals surface area contributed by atoms with E-state index in [1.54, 1.807) is 0 Å². The van der Waals surface area contributed by atoms with Crippen LogP contribution in [0.1, 0.15) is 17.3 Å². The van der Waals surface area contributed by atoms with Crippen LogP contribution in [0.5, 0.6) is 0 Å². The molecule has 94 valence electrons. The number of aliphatic carboxylic acids is 1. The van der Waals surface area contributed by atoms with Crippen molar-refractivity contribution in [3.63, 3.8) is 0 Å². The number of benzene rings is 1. The number of para-hydroxylation sites is 1. The Balaban J connectivity index is 2.40. The van der Waals surface area contributed by atoms with Gasteiger partial charge in [0.2, 0.25) is 0 Å². The van der Waals surface area contributed by atoms with Crippen LogP contribution in [-0.4, -0.2) is 28.2 Å². The van der Waals surface area contributed by atoms with Crippen LogP contribution in [0.3, 0.4) is 0 Å². The first-order chi connectivity index (χ1) is 8.61. The highest BCUT2D eigenvalue weighted by atomic mass is 32.1. The van der Waals surface area contributed by atoms with Crippen molar-refractivity contribution in [2.75, 3.05) is 7.11 Å². The van der Waals surface area contributed by atoms with Gasteiger partial charge in [0.1, 0.15) is 5.01 Å². The van der Waals surface area contributed by atoms with Gasteiger partial charge >= 0.3 is 5.97 Å². The number of thiazole rings is 1. The van der Waals surface area contributed by atoms with E-state index in [1.807, 2.05) is 24.3 Å². The molecule has 6 heteroatoms. The highest BCUT2D eigenvalue weighted by Gasteiger charge is 2.24. The normalized spacial score (nSPS) is 12.3. The average Bonchev–Trinajstić information content (AvgIpc) is 2.78. The molecule has 0 aliphatic rings. The first kappa shape index (κ1) is 12.9. The molecule has 0 aliphatic heterocycles. The quantitative estimate of drug-likeness (QED) is 0.873. The molecule has 0 radical (unpaired) electrons. The maximum absolute atomic E-state index is 10.9. The zero-order chi connectivity index (χ0) is 13.1. The number of rotatable bonds is 4. The van der Waals surface area contributed by atoms with Gasteiger partial charge in [0.15, 0.2) is 5.05 Å². The van der Waals surface area contributed by atoms with Crippen LogP contribution in [0, 0.1) is 0 Å². The van der Waals surface area contributed by atoms with Gasteiger partial charge in [-0.25, -0.2) is 4.98 Å². The number of thiocarbonyl (C=S) groups is 1. The minimum Gasteiger partial charge on any atom is -0.489 e. The lowest BCUT2D eigenvalue weighted by Gasteiger charge is -2.11. The first-order valence-electron chi connectivity index (χ1n) is 5.27. The molecule has 0 aliphatic carbocycles. The van der Waals surface area contributed by atoms with E-state index >= 15 is 0 Å². The molecule has 0 bridgehead atoms. The number of fused-ring (bicyclic) bond motifs is 1. The zero-order valence-electron chi connectivity index (χ0n) is 9.62. The molecular formula is C12H11NO3S2. The maximum atomic E-state index is 10.9. The Bertz CT molecular complexity index is 561. The number of ether oxygens (including phenoxy) is 1. The predicted octanol–water partition coefficient (Wildman–Crippen LogP) is 2.83. The monoisotopic (exact) mass is 281 g/mol. The van der Waals surface area contributed by atoms with E-state index in [2.05, 4.69) is 4.98 Å². The van der Waals surface area contributed by atoms with Crippen molar-refractivity contribution < 1.29 is 14.6 Å². The second-order valence-corrected chi connectivity index (χ2v) is 5.16. The van der Waals surface area contributed by atoms with Gasteiger partial charge in [-0.3, -0.25) is 4.79 Å². The van der Waals surface area contributed by atoms with E-state index in [1.165, 1.54) is 18.4 Å². The Labute approximate surface area is 113 Å². The molecule has 2 aromatic rings. The first-order valence-corrected chi connectivity index (χ1v) is 6.49. The minimum absolute atomic E-state index is 0.105. The SMILES string of the molecule is COC(=S)C(CC(=O)O)c1nc2ccccc2s1. The highest BCUT2D eigenvalue weighted by Crippen LogP contribution is 2.30. The van der Waals surface area contributed by atoms with Gasteiger partial charge in [0, 0.05) is 0 Å². The molecular weight excluding hydrogens is 270 g/mol. The third-order valence-corrected chi connectivity index (χ3v) is 4.07. The lowest BCUT2D eigenvalue weighted by Crippen LogP contribution is -2.16. The van der Waals surface area contributed by atoms with Crippen molar-refractivity contribution in [1.82, 2.24) is 4.98 Å². The van der Waals surface area contributed by atoms with Crippen LogP contribution >= 0.6 is 23.6 Å². The third kappa shape index (κ3) is 2.65. The molecule has 1 N–H and O–H groups in total. The number of carboxylic acid groups (broad SMARTS) is 1. The van der Waals surface area contributed by atoms with Gasteiger partial charge in [-0.15, -0.1) is 11.3 Å². The number of carboxylic acids is 1.